The van der Waals surface area contributed by atoms with Gasteiger partial charge in [-0.3, -0.25) is 0 Å². The van der Waals surface area contributed by atoms with Crippen LogP contribution in [0.15, 0.2) is 48.0 Å². The van der Waals surface area contributed by atoms with E-state index in [2.05, 4.69) is 66.6 Å². The number of hydrogen-bond donors (Lipinski definition) is 1. The molecule has 0 saturated heterocycles. The Morgan fingerprint density at radius 1 is 1.15 bits per heavy atom. The minimum absolute atomic E-state index is 0.233. The van der Waals surface area contributed by atoms with Crippen LogP contribution in [0.2, 0.25) is 0 Å². The van der Waals surface area contributed by atoms with Gasteiger partial charge < -0.3 is 5.32 Å². The molecule has 3 heteroatoms. The molecule has 1 aromatic heterocycles. The standard InChI is InChI=1S/C17H18N2S/c1-3-18-16(17-12(2)19-11-20-17)15-9-8-13-6-4-5-7-14(13)10-15/h4-11,16,18H,3H2,1-2H3. The van der Waals surface area contributed by atoms with E-state index in [1.54, 1.807) is 11.3 Å². The molecule has 1 heterocycles. The molecule has 3 rings (SSSR count). The smallest absolute Gasteiger partial charge is 0.0798 e. The maximum Gasteiger partial charge on any atom is 0.0798 e. The quantitative estimate of drug-likeness (QED) is 0.771. The van der Waals surface area contributed by atoms with Crippen LogP contribution in [-0.2, 0) is 0 Å². The fourth-order valence-corrected chi connectivity index (χ4v) is 3.44. The largest absolute Gasteiger partial charge is 0.306 e. The van der Waals surface area contributed by atoms with Crippen LogP contribution >= 0.6 is 11.3 Å². The lowest BCUT2D eigenvalue weighted by Gasteiger charge is -2.18. The van der Waals surface area contributed by atoms with Crippen molar-refractivity contribution in [1.29, 1.82) is 0 Å². The second-order valence-electron chi connectivity index (χ2n) is 4.90. The Labute approximate surface area is 123 Å². The van der Waals surface area contributed by atoms with Crippen molar-refractivity contribution in [2.75, 3.05) is 6.54 Å². The predicted molar refractivity (Wildman–Crippen MR) is 86.3 cm³/mol. The normalized spacial score (nSPS) is 12.7. The molecule has 0 aliphatic heterocycles. The van der Waals surface area contributed by atoms with Crippen LogP contribution in [0.25, 0.3) is 10.8 Å². The molecule has 2 nitrogen and oxygen atoms in total. The van der Waals surface area contributed by atoms with Crippen LogP contribution in [0.3, 0.4) is 0 Å². The van der Waals surface area contributed by atoms with Gasteiger partial charge in [-0.15, -0.1) is 11.3 Å². The molecule has 3 aromatic rings. The molecule has 1 unspecified atom stereocenters. The zero-order valence-electron chi connectivity index (χ0n) is 11.8. The van der Waals surface area contributed by atoms with Gasteiger partial charge in [-0.25, -0.2) is 4.98 Å². The summed E-state index contributed by atoms with van der Waals surface area (Å²) in [7, 11) is 0. The molecule has 102 valence electrons. The summed E-state index contributed by atoms with van der Waals surface area (Å²) in [5.41, 5.74) is 4.35. The van der Waals surface area contributed by atoms with Crippen LogP contribution in [0.1, 0.15) is 29.1 Å². The Morgan fingerprint density at radius 2 is 1.95 bits per heavy atom. The molecule has 0 spiro atoms. The molecule has 0 fully saturated rings. The van der Waals surface area contributed by atoms with Gasteiger partial charge in [0, 0.05) is 4.88 Å². The Balaban J connectivity index is 2.07. The zero-order chi connectivity index (χ0) is 13.9. The maximum atomic E-state index is 4.39. The van der Waals surface area contributed by atoms with Crippen molar-refractivity contribution in [3.63, 3.8) is 0 Å². The molecule has 0 aliphatic rings. The van der Waals surface area contributed by atoms with Crippen molar-refractivity contribution in [2.45, 2.75) is 19.9 Å². The number of thiazole rings is 1. The number of aryl methyl sites for hydroxylation is 1. The van der Waals surface area contributed by atoms with Gasteiger partial charge in [0.25, 0.3) is 0 Å². The Kier molecular flexibility index (Phi) is 3.81. The molecule has 0 saturated carbocycles. The van der Waals surface area contributed by atoms with Crippen LogP contribution < -0.4 is 5.32 Å². The molecule has 0 aliphatic carbocycles. The SMILES string of the molecule is CCNC(c1ccc2ccccc2c1)c1scnc1C. The number of aromatic nitrogens is 1. The lowest BCUT2D eigenvalue weighted by Crippen LogP contribution is -2.21. The minimum Gasteiger partial charge on any atom is -0.306 e. The number of hydrogen-bond acceptors (Lipinski definition) is 3. The second-order valence-corrected chi connectivity index (χ2v) is 5.79. The maximum absolute atomic E-state index is 4.39. The van der Waals surface area contributed by atoms with E-state index in [-0.39, 0.29) is 6.04 Å². The van der Waals surface area contributed by atoms with Gasteiger partial charge in [0.05, 0.1) is 17.2 Å². The van der Waals surface area contributed by atoms with E-state index >= 15 is 0 Å². The summed E-state index contributed by atoms with van der Waals surface area (Å²) in [6.45, 7) is 5.16. The summed E-state index contributed by atoms with van der Waals surface area (Å²) in [4.78, 5) is 5.69. The van der Waals surface area contributed by atoms with Gasteiger partial charge in [0.15, 0.2) is 0 Å². The van der Waals surface area contributed by atoms with Crippen LogP contribution in [0.5, 0.6) is 0 Å². The summed E-state index contributed by atoms with van der Waals surface area (Å²) in [5, 5.41) is 6.15. The Bertz CT molecular complexity index is 718. The number of benzene rings is 2. The van der Waals surface area contributed by atoms with Crippen LogP contribution in [0.4, 0.5) is 0 Å². The molecule has 0 bridgehead atoms. The van der Waals surface area contributed by atoms with E-state index in [9.17, 15) is 0 Å². The number of fused-ring (bicyclic) bond motifs is 1. The van der Waals surface area contributed by atoms with Crippen molar-refractivity contribution in [1.82, 2.24) is 10.3 Å². The molecule has 0 radical (unpaired) electrons. The van der Waals surface area contributed by atoms with E-state index in [4.69, 9.17) is 0 Å². The van der Waals surface area contributed by atoms with E-state index in [0.717, 1.165) is 12.2 Å². The third-order valence-corrected chi connectivity index (χ3v) is 4.56. The highest BCUT2D eigenvalue weighted by molar-refractivity contribution is 7.09. The third-order valence-electron chi connectivity index (χ3n) is 3.56. The first kappa shape index (κ1) is 13.3. The van der Waals surface area contributed by atoms with E-state index in [0.29, 0.717) is 0 Å². The van der Waals surface area contributed by atoms with Gasteiger partial charge in [-0.1, -0.05) is 43.3 Å². The van der Waals surface area contributed by atoms with Gasteiger partial charge in [-0.05, 0) is 35.9 Å². The summed E-state index contributed by atoms with van der Waals surface area (Å²) < 4.78 is 0. The van der Waals surface area contributed by atoms with Crippen molar-refractivity contribution >= 4 is 22.1 Å². The lowest BCUT2D eigenvalue weighted by atomic mass is 10.00. The van der Waals surface area contributed by atoms with E-state index in [1.165, 1.54) is 21.2 Å². The van der Waals surface area contributed by atoms with Crippen LogP contribution in [0, 0.1) is 6.92 Å². The summed E-state index contributed by atoms with van der Waals surface area (Å²) >= 11 is 1.72. The summed E-state index contributed by atoms with van der Waals surface area (Å²) in [6.07, 6.45) is 0. The first-order chi connectivity index (χ1) is 9.79. The highest BCUT2D eigenvalue weighted by atomic mass is 32.1. The monoisotopic (exact) mass is 282 g/mol. The van der Waals surface area contributed by atoms with Crippen molar-refractivity contribution in [3.05, 3.63) is 64.1 Å². The van der Waals surface area contributed by atoms with E-state index < -0.39 is 0 Å². The topological polar surface area (TPSA) is 24.9 Å². The lowest BCUT2D eigenvalue weighted by molar-refractivity contribution is 0.636. The molecule has 1 N–H and O–H groups in total. The van der Waals surface area contributed by atoms with Gasteiger partial charge in [0.2, 0.25) is 0 Å². The van der Waals surface area contributed by atoms with Gasteiger partial charge in [0.1, 0.15) is 0 Å². The minimum atomic E-state index is 0.233. The van der Waals surface area contributed by atoms with Crippen molar-refractivity contribution in [2.24, 2.45) is 0 Å². The number of nitrogens with zero attached hydrogens (tertiary/aromatic N) is 1. The fraction of sp³-hybridized carbons (Fsp3) is 0.235. The predicted octanol–water partition coefficient (Wildman–Crippen LogP) is 4.30. The molecular weight excluding hydrogens is 264 g/mol. The highest BCUT2D eigenvalue weighted by Crippen LogP contribution is 2.29. The summed E-state index contributed by atoms with van der Waals surface area (Å²) in [6, 6.07) is 15.4. The first-order valence-corrected chi connectivity index (χ1v) is 7.79. The van der Waals surface area contributed by atoms with Gasteiger partial charge in [-0.2, -0.15) is 0 Å². The fourth-order valence-electron chi connectivity index (χ4n) is 2.54. The van der Waals surface area contributed by atoms with Crippen LogP contribution in [-0.4, -0.2) is 11.5 Å². The molecule has 1 atom stereocenters. The molecule has 0 amide bonds. The summed E-state index contributed by atoms with van der Waals surface area (Å²) in [5.74, 6) is 0. The Morgan fingerprint density at radius 3 is 2.65 bits per heavy atom. The molecule has 20 heavy (non-hydrogen) atoms. The third kappa shape index (κ3) is 2.47. The average molecular weight is 282 g/mol. The van der Waals surface area contributed by atoms with Crippen molar-refractivity contribution < 1.29 is 0 Å². The first-order valence-electron chi connectivity index (χ1n) is 6.91. The average Bonchev–Trinajstić information content (AvgIpc) is 2.90. The molecule has 2 aromatic carbocycles. The number of rotatable bonds is 4. The van der Waals surface area contributed by atoms with Gasteiger partial charge >= 0.3 is 0 Å². The number of nitrogens with one attached hydrogen (secondary N) is 1. The Hall–Kier alpha value is -1.71. The highest BCUT2D eigenvalue weighted by Gasteiger charge is 2.17. The van der Waals surface area contributed by atoms with E-state index in [1.807, 2.05) is 5.51 Å². The second kappa shape index (κ2) is 5.73. The molecular formula is C17H18N2S. The zero-order valence-corrected chi connectivity index (χ0v) is 12.6. The van der Waals surface area contributed by atoms with Crippen molar-refractivity contribution in [3.8, 4) is 0 Å².